The maximum absolute atomic E-state index is 12.4. The van der Waals surface area contributed by atoms with Crippen molar-refractivity contribution in [3.63, 3.8) is 0 Å². The maximum atomic E-state index is 12.4. The third-order valence-electron chi connectivity index (χ3n) is 3.55. The van der Waals surface area contributed by atoms with Crippen LogP contribution in [-0.2, 0) is 9.53 Å². The fourth-order valence-electron chi connectivity index (χ4n) is 2.00. The van der Waals surface area contributed by atoms with Gasteiger partial charge in [0, 0.05) is 11.3 Å². The summed E-state index contributed by atoms with van der Waals surface area (Å²) in [6.07, 6.45) is 0.764. The molecular formula is C16H25ClN2O3. The zero-order valence-electron chi connectivity index (χ0n) is 13.5. The van der Waals surface area contributed by atoms with Crippen LogP contribution in [0.5, 0.6) is 0 Å². The van der Waals surface area contributed by atoms with E-state index in [0.717, 1.165) is 12.0 Å². The van der Waals surface area contributed by atoms with Crippen molar-refractivity contribution < 1.29 is 14.3 Å². The number of carbonyl (C=O) groups is 2. The number of amides is 1. The molecule has 1 rings (SSSR count). The fourth-order valence-corrected chi connectivity index (χ4v) is 2.00. The molecule has 0 aliphatic carbocycles. The lowest BCUT2D eigenvalue weighted by atomic mass is 9.98. The van der Waals surface area contributed by atoms with E-state index in [1.807, 2.05) is 20.8 Å². The van der Waals surface area contributed by atoms with Crippen LogP contribution in [-0.4, -0.2) is 24.5 Å². The molecule has 22 heavy (non-hydrogen) atoms. The van der Waals surface area contributed by atoms with Crippen molar-refractivity contribution in [1.82, 2.24) is 5.32 Å². The second kappa shape index (κ2) is 9.30. The van der Waals surface area contributed by atoms with Crippen molar-refractivity contribution in [2.75, 3.05) is 12.3 Å². The van der Waals surface area contributed by atoms with Gasteiger partial charge in [0.1, 0.15) is 6.04 Å². The molecule has 124 valence electrons. The first kappa shape index (κ1) is 20.2. The van der Waals surface area contributed by atoms with Gasteiger partial charge in [-0.25, -0.2) is 4.79 Å². The SMILES string of the molecule is CCOC(=O)C(NC(=O)c1cc(N)ccc1C)C(C)CC.Cl. The molecule has 0 fully saturated rings. The van der Waals surface area contributed by atoms with Crippen LogP contribution in [0.15, 0.2) is 18.2 Å². The Morgan fingerprint density at radius 3 is 2.50 bits per heavy atom. The molecule has 0 heterocycles. The van der Waals surface area contributed by atoms with Crippen LogP contribution in [0.2, 0.25) is 0 Å². The summed E-state index contributed by atoms with van der Waals surface area (Å²) >= 11 is 0. The van der Waals surface area contributed by atoms with E-state index in [9.17, 15) is 9.59 Å². The number of esters is 1. The summed E-state index contributed by atoms with van der Waals surface area (Å²) < 4.78 is 5.04. The first-order valence-electron chi connectivity index (χ1n) is 7.24. The number of hydrogen-bond acceptors (Lipinski definition) is 4. The molecule has 0 aliphatic heterocycles. The van der Waals surface area contributed by atoms with Crippen molar-refractivity contribution in [1.29, 1.82) is 0 Å². The Kier molecular flexibility index (Phi) is 8.56. The Balaban J connectivity index is 0.00000441. The summed E-state index contributed by atoms with van der Waals surface area (Å²) in [6.45, 7) is 7.74. The van der Waals surface area contributed by atoms with E-state index < -0.39 is 12.0 Å². The highest BCUT2D eigenvalue weighted by molar-refractivity contribution is 5.98. The number of hydrogen-bond donors (Lipinski definition) is 2. The molecule has 6 heteroatoms. The molecule has 0 radical (unpaired) electrons. The molecule has 0 saturated heterocycles. The molecule has 0 aromatic heterocycles. The summed E-state index contributed by atoms with van der Waals surface area (Å²) in [5.74, 6) is -0.714. The van der Waals surface area contributed by atoms with Crippen LogP contribution in [0.25, 0.3) is 0 Å². The van der Waals surface area contributed by atoms with E-state index in [-0.39, 0.29) is 24.2 Å². The maximum Gasteiger partial charge on any atom is 0.328 e. The number of rotatable bonds is 6. The average Bonchev–Trinajstić information content (AvgIpc) is 2.46. The lowest BCUT2D eigenvalue weighted by Gasteiger charge is -2.23. The predicted octanol–water partition coefficient (Wildman–Crippen LogP) is 2.71. The van der Waals surface area contributed by atoms with Gasteiger partial charge >= 0.3 is 5.97 Å². The number of nitrogens with one attached hydrogen (secondary N) is 1. The van der Waals surface area contributed by atoms with Gasteiger partial charge in [-0.2, -0.15) is 0 Å². The molecule has 1 aromatic carbocycles. The molecule has 0 aliphatic rings. The van der Waals surface area contributed by atoms with Gasteiger partial charge in [-0.1, -0.05) is 26.3 Å². The normalized spacial score (nSPS) is 12.7. The van der Waals surface area contributed by atoms with Gasteiger partial charge in [0.15, 0.2) is 0 Å². The highest BCUT2D eigenvalue weighted by Crippen LogP contribution is 2.15. The van der Waals surface area contributed by atoms with Crippen LogP contribution in [0.1, 0.15) is 43.1 Å². The molecule has 1 aromatic rings. The van der Waals surface area contributed by atoms with Gasteiger partial charge in [-0.05, 0) is 37.5 Å². The van der Waals surface area contributed by atoms with E-state index in [1.165, 1.54) is 0 Å². The summed E-state index contributed by atoms with van der Waals surface area (Å²) in [6, 6.07) is 4.49. The zero-order valence-corrected chi connectivity index (χ0v) is 14.3. The third-order valence-corrected chi connectivity index (χ3v) is 3.55. The largest absolute Gasteiger partial charge is 0.464 e. The number of aryl methyl sites for hydroxylation is 1. The summed E-state index contributed by atoms with van der Waals surface area (Å²) in [5, 5.41) is 2.77. The van der Waals surface area contributed by atoms with Crippen LogP contribution in [0.4, 0.5) is 5.69 Å². The van der Waals surface area contributed by atoms with E-state index in [0.29, 0.717) is 17.9 Å². The van der Waals surface area contributed by atoms with Crippen molar-refractivity contribution in [3.05, 3.63) is 29.3 Å². The zero-order chi connectivity index (χ0) is 16.0. The average molecular weight is 329 g/mol. The Morgan fingerprint density at radius 1 is 1.32 bits per heavy atom. The second-order valence-corrected chi connectivity index (χ2v) is 5.16. The number of nitrogens with two attached hydrogens (primary N) is 1. The van der Waals surface area contributed by atoms with Gasteiger partial charge in [-0.15, -0.1) is 12.4 Å². The predicted molar refractivity (Wildman–Crippen MR) is 90.2 cm³/mol. The first-order valence-corrected chi connectivity index (χ1v) is 7.24. The number of anilines is 1. The Bertz CT molecular complexity index is 520. The van der Waals surface area contributed by atoms with Gasteiger partial charge in [0.05, 0.1) is 6.61 Å². The van der Waals surface area contributed by atoms with Crippen LogP contribution in [0.3, 0.4) is 0 Å². The van der Waals surface area contributed by atoms with Crippen LogP contribution in [0, 0.1) is 12.8 Å². The second-order valence-electron chi connectivity index (χ2n) is 5.16. The van der Waals surface area contributed by atoms with Crippen LogP contribution < -0.4 is 11.1 Å². The van der Waals surface area contributed by atoms with Gasteiger partial charge < -0.3 is 15.8 Å². The van der Waals surface area contributed by atoms with E-state index >= 15 is 0 Å². The quantitative estimate of drug-likeness (QED) is 0.621. The molecule has 0 spiro atoms. The van der Waals surface area contributed by atoms with Crippen LogP contribution >= 0.6 is 12.4 Å². The highest BCUT2D eigenvalue weighted by atomic mass is 35.5. The Morgan fingerprint density at radius 2 is 1.95 bits per heavy atom. The number of nitrogen functional groups attached to an aromatic ring is 1. The molecular weight excluding hydrogens is 304 g/mol. The van der Waals surface area contributed by atoms with Crippen molar-refractivity contribution in [3.8, 4) is 0 Å². The number of halogens is 1. The summed E-state index contributed by atoms with van der Waals surface area (Å²) in [5.41, 5.74) is 7.53. The molecule has 2 atom stereocenters. The van der Waals surface area contributed by atoms with Gasteiger partial charge in [-0.3, -0.25) is 4.79 Å². The minimum Gasteiger partial charge on any atom is -0.464 e. The lowest BCUT2D eigenvalue weighted by Crippen LogP contribution is -2.46. The minimum absolute atomic E-state index is 0. The molecule has 3 N–H and O–H groups in total. The smallest absolute Gasteiger partial charge is 0.328 e. The molecule has 0 bridgehead atoms. The Labute approximate surface area is 138 Å². The summed E-state index contributed by atoms with van der Waals surface area (Å²) in [7, 11) is 0. The number of carbonyl (C=O) groups excluding carboxylic acids is 2. The van der Waals surface area contributed by atoms with Crippen molar-refractivity contribution >= 4 is 30.0 Å². The monoisotopic (exact) mass is 328 g/mol. The Hall–Kier alpha value is -1.75. The van der Waals surface area contributed by atoms with Gasteiger partial charge in [0.2, 0.25) is 0 Å². The third kappa shape index (κ3) is 5.22. The van der Waals surface area contributed by atoms with E-state index in [2.05, 4.69) is 5.32 Å². The first-order chi connectivity index (χ1) is 9.90. The number of ether oxygens (including phenoxy) is 1. The molecule has 0 saturated carbocycles. The molecule has 1 amide bonds. The van der Waals surface area contributed by atoms with Crippen molar-refractivity contribution in [2.45, 2.75) is 40.2 Å². The topological polar surface area (TPSA) is 81.4 Å². The highest BCUT2D eigenvalue weighted by Gasteiger charge is 2.27. The van der Waals surface area contributed by atoms with Crippen molar-refractivity contribution in [2.24, 2.45) is 5.92 Å². The fraction of sp³-hybridized carbons (Fsp3) is 0.500. The summed E-state index contributed by atoms with van der Waals surface area (Å²) in [4.78, 5) is 24.4. The molecule has 2 unspecified atom stereocenters. The number of benzene rings is 1. The minimum atomic E-state index is -0.650. The standard InChI is InChI=1S/C16H24N2O3.ClH/c1-5-10(3)14(16(20)21-6-2)18-15(19)13-9-12(17)8-7-11(13)4;/h7-10,14H,5-6,17H2,1-4H3,(H,18,19);1H. The van der Waals surface area contributed by atoms with E-state index in [4.69, 9.17) is 10.5 Å². The van der Waals surface area contributed by atoms with E-state index in [1.54, 1.807) is 25.1 Å². The molecule has 5 nitrogen and oxygen atoms in total. The lowest BCUT2D eigenvalue weighted by molar-refractivity contribution is -0.146. The van der Waals surface area contributed by atoms with Gasteiger partial charge in [0.25, 0.3) is 5.91 Å².